The third-order valence-electron chi connectivity index (χ3n) is 8.13. The smallest absolute Gasteiger partial charge is 0.342 e. The highest BCUT2D eigenvalue weighted by molar-refractivity contribution is 6.05. The third kappa shape index (κ3) is 3.91. The molecule has 0 fully saturated rings. The average molecular weight is 595 g/mol. The number of carbonyl (C=O) groups is 1. The lowest BCUT2D eigenvalue weighted by molar-refractivity contribution is 0.0224. The van der Waals surface area contributed by atoms with Crippen LogP contribution in [0.25, 0.3) is 11.8 Å². The van der Waals surface area contributed by atoms with Crippen LogP contribution in [0.4, 0.5) is 5.69 Å². The highest BCUT2D eigenvalue weighted by Gasteiger charge is 2.55. The van der Waals surface area contributed by atoms with E-state index < -0.39 is 22.7 Å². The molecule has 218 valence electrons. The van der Waals surface area contributed by atoms with Gasteiger partial charge >= 0.3 is 17.1 Å². The van der Waals surface area contributed by atoms with Crippen molar-refractivity contribution in [3.8, 4) is 23.0 Å². The fourth-order valence-electron chi connectivity index (χ4n) is 6.14. The van der Waals surface area contributed by atoms with Gasteiger partial charge < -0.3 is 19.7 Å². The van der Waals surface area contributed by atoms with Crippen LogP contribution >= 0.6 is 0 Å². The van der Waals surface area contributed by atoms with Crippen molar-refractivity contribution in [3.63, 3.8) is 0 Å². The molecule has 0 aliphatic carbocycles. The number of carbonyl (C=O) groups excluding carboxylic acids is 1. The van der Waals surface area contributed by atoms with Crippen molar-refractivity contribution in [1.82, 2.24) is 4.68 Å². The first-order valence-corrected chi connectivity index (χ1v) is 14.1. The molecule has 0 radical (unpaired) electrons. The van der Waals surface area contributed by atoms with Crippen LogP contribution in [0.3, 0.4) is 0 Å². The van der Waals surface area contributed by atoms with Gasteiger partial charge in [-0.25, -0.2) is 9.80 Å². The Morgan fingerprint density at radius 1 is 0.689 bits per heavy atom. The van der Waals surface area contributed by atoms with E-state index in [1.165, 1.54) is 29.3 Å². The summed E-state index contributed by atoms with van der Waals surface area (Å²) in [5.41, 5.74) is 0.742. The Bertz CT molecular complexity index is 2190. The van der Waals surface area contributed by atoms with E-state index in [4.69, 9.17) is 9.47 Å². The molecule has 0 saturated carbocycles. The van der Waals surface area contributed by atoms with Crippen molar-refractivity contribution < 1.29 is 24.5 Å². The number of nitrogens with zero attached hydrogens (tertiary/aromatic N) is 2. The van der Waals surface area contributed by atoms with Gasteiger partial charge in [0.25, 0.3) is 0 Å². The molecule has 2 N–H and O–H groups in total. The Labute approximate surface area is 255 Å². The number of fused-ring (bicyclic) bond motifs is 6. The largest absolute Gasteiger partial charge is 0.508 e. The van der Waals surface area contributed by atoms with E-state index >= 15 is 0 Å². The maximum atomic E-state index is 14.1. The van der Waals surface area contributed by atoms with Gasteiger partial charge in [0.05, 0.1) is 16.9 Å². The predicted octanol–water partition coefficient (Wildman–Crippen LogP) is 5.53. The van der Waals surface area contributed by atoms with Crippen LogP contribution in [-0.2, 0) is 10.3 Å². The van der Waals surface area contributed by atoms with Gasteiger partial charge in [0.2, 0.25) is 0 Å². The first-order chi connectivity index (χ1) is 21.9. The van der Waals surface area contributed by atoms with Crippen molar-refractivity contribution in [2.24, 2.45) is 0 Å². The monoisotopic (exact) mass is 594 g/mol. The summed E-state index contributed by atoms with van der Waals surface area (Å²) in [7, 11) is 0. The third-order valence-corrected chi connectivity index (χ3v) is 8.13. The second-order valence-corrected chi connectivity index (χ2v) is 10.8. The van der Waals surface area contributed by atoms with E-state index in [1.807, 2.05) is 66.7 Å². The summed E-state index contributed by atoms with van der Waals surface area (Å²) in [5, 5.41) is 22.0. The minimum Gasteiger partial charge on any atom is -0.508 e. The van der Waals surface area contributed by atoms with Gasteiger partial charge in [-0.15, -0.1) is 0 Å². The van der Waals surface area contributed by atoms with Crippen molar-refractivity contribution in [2.45, 2.75) is 5.60 Å². The van der Waals surface area contributed by atoms with E-state index in [2.05, 4.69) is 0 Å². The minimum absolute atomic E-state index is 0.0610. The van der Waals surface area contributed by atoms with Gasteiger partial charge in [0.15, 0.2) is 5.60 Å². The zero-order valence-corrected chi connectivity index (χ0v) is 23.4. The molecule has 2 aliphatic rings. The highest BCUT2D eigenvalue weighted by atomic mass is 16.6. The Morgan fingerprint density at radius 2 is 1.29 bits per heavy atom. The second-order valence-electron chi connectivity index (χ2n) is 10.8. The summed E-state index contributed by atoms with van der Waals surface area (Å²) in [4.78, 5) is 39.8. The number of aromatic nitrogens is 1. The van der Waals surface area contributed by atoms with E-state index in [-0.39, 0.29) is 34.2 Å². The number of rotatable bonds is 5. The normalized spacial score (nSPS) is 14.4. The quantitative estimate of drug-likeness (QED) is 0.152. The van der Waals surface area contributed by atoms with E-state index in [0.29, 0.717) is 28.0 Å². The number of aromatic hydroxyl groups is 2. The second kappa shape index (κ2) is 9.58. The number of ether oxygens (including phenoxy) is 2. The van der Waals surface area contributed by atoms with Crippen molar-refractivity contribution >= 4 is 23.4 Å². The Hall–Kier alpha value is -6.35. The number of hydrogen-bond donors (Lipinski definition) is 2. The molecule has 45 heavy (non-hydrogen) atoms. The van der Waals surface area contributed by atoms with Crippen LogP contribution in [0.15, 0.2) is 125 Å². The first-order valence-electron chi connectivity index (χ1n) is 14.1. The van der Waals surface area contributed by atoms with E-state index in [9.17, 15) is 24.6 Å². The molecule has 9 nitrogen and oxygen atoms in total. The zero-order valence-electron chi connectivity index (χ0n) is 23.4. The van der Waals surface area contributed by atoms with Gasteiger partial charge in [-0.3, -0.25) is 9.59 Å². The molecule has 0 bridgehead atoms. The molecule has 0 atom stereocenters. The first kappa shape index (κ1) is 26.3. The van der Waals surface area contributed by atoms with Crippen LogP contribution in [0.5, 0.6) is 23.0 Å². The molecule has 0 amide bonds. The van der Waals surface area contributed by atoms with Crippen LogP contribution in [-0.4, -0.2) is 20.9 Å². The Balaban J connectivity index is 1.42. The SMILES string of the molecule is O=C1OC2(c3ccc(O)cc3Oc3cc(O)ccc32)c2cccc(N(C(=Cc3ccccc3)c3ccccc3)n3c(=O)c3=O)c21. The summed E-state index contributed by atoms with van der Waals surface area (Å²) in [6.07, 6.45) is 1.84. The molecule has 6 aromatic rings. The lowest BCUT2D eigenvalue weighted by Crippen LogP contribution is -2.33. The lowest BCUT2D eigenvalue weighted by atomic mass is 9.77. The fourth-order valence-corrected chi connectivity index (χ4v) is 6.14. The number of hydrogen-bond acceptors (Lipinski definition) is 8. The van der Waals surface area contributed by atoms with Crippen LogP contribution in [0.2, 0.25) is 0 Å². The summed E-state index contributed by atoms with van der Waals surface area (Å²) >= 11 is 0. The van der Waals surface area contributed by atoms with Gasteiger partial charge in [0.1, 0.15) is 23.0 Å². The molecule has 0 saturated heterocycles. The molecule has 1 spiro atoms. The molecule has 0 unspecified atom stereocenters. The number of esters is 1. The molecule has 9 heteroatoms. The summed E-state index contributed by atoms with van der Waals surface area (Å²) in [6.45, 7) is 0. The van der Waals surface area contributed by atoms with Gasteiger partial charge in [0, 0.05) is 34.4 Å². The predicted molar refractivity (Wildman–Crippen MR) is 166 cm³/mol. The number of anilines is 1. The molecule has 5 aromatic carbocycles. The number of phenols is 2. The van der Waals surface area contributed by atoms with E-state index in [1.54, 1.807) is 30.3 Å². The minimum atomic E-state index is -1.53. The van der Waals surface area contributed by atoms with E-state index in [0.717, 1.165) is 10.2 Å². The average Bonchev–Trinajstić information content (AvgIpc) is 3.51. The molecular formula is C36H22N2O7. The summed E-state index contributed by atoms with van der Waals surface area (Å²) < 4.78 is 13.4. The van der Waals surface area contributed by atoms with Gasteiger partial charge in [-0.2, -0.15) is 4.68 Å². The topological polar surface area (TPSA) is 118 Å². The van der Waals surface area contributed by atoms with Crippen molar-refractivity contribution in [3.05, 3.63) is 169 Å². The number of phenolic OH excluding ortho intramolecular Hbond substituents is 2. The Morgan fingerprint density at radius 3 is 1.89 bits per heavy atom. The van der Waals surface area contributed by atoms with Crippen molar-refractivity contribution in [2.75, 3.05) is 5.01 Å². The van der Waals surface area contributed by atoms with Gasteiger partial charge in [-0.1, -0.05) is 72.8 Å². The van der Waals surface area contributed by atoms with Crippen molar-refractivity contribution in [1.29, 1.82) is 0 Å². The highest BCUT2D eigenvalue weighted by Crippen LogP contribution is 2.58. The molecule has 1 aromatic heterocycles. The standard InChI is InChI=1S/C36H22N2O7/c39-23-14-16-25-30(19-23)44-31-20-24(40)15-17-26(31)36(25)27-12-7-13-28(32(27)35(43)45-36)37(38-33(41)34(38)42)29(22-10-5-2-6-11-22)18-21-8-3-1-4-9-21/h1-20,39-40H. The maximum absolute atomic E-state index is 14.1. The van der Waals surface area contributed by atoms with Crippen LogP contribution < -0.4 is 20.9 Å². The number of benzene rings is 5. The Kier molecular flexibility index (Phi) is 5.60. The maximum Gasteiger partial charge on any atom is 0.342 e. The summed E-state index contributed by atoms with van der Waals surface area (Å²) in [5.74, 6) is -0.342. The lowest BCUT2D eigenvalue weighted by Gasteiger charge is -2.36. The molecule has 2 aliphatic heterocycles. The zero-order chi connectivity index (χ0) is 30.9. The van der Waals surface area contributed by atoms with Crippen LogP contribution in [0.1, 0.15) is 38.2 Å². The van der Waals surface area contributed by atoms with Crippen LogP contribution in [0, 0.1) is 0 Å². The molecule has 3 heterocycles. The molecule has 8 rings (SSSR count). The molecular weight excluding hydrogens is 572 g/mol. The van der Waals surface area contributed by atoms with Gasteiger partial charge in [-0.05, 0) is 42.0 Å². The summed E-state index contributed by atoms with van der Waals surface area (Å²) in [6, 6.07) is 32.8. The fraction of sp³-hybridized carbons (Fsp3) is 0.0278.